The van der Waals surface area contributed by atoms with Crippen molar-refractivity contribution in [2.45, 2.75) is 142 Å². The molecule has 2 saturated heterocycles. The van der Waals surface area contributed by atoms with Crippen molar-refractivity contribution >= 4 is 59.1 Å². The topological polar surface area (TPSA) is 280 Å². The molecular formula is C68H90N12O10. The third kappa shape index (κ3) is 16.3. The fourth-order valence-corrected chi connectivity index (χ4v) is 12.1. The van der Waals surface area contributed by atoms with Gasteiger partial charge < -0.3 is 62.1 Å². The minimum Gasteiger partial charge on any atom is -0.347 e. The monoisotopic (exact) mass is 1230 g/mol. The third-order valence-corrected chi connectivity index (χ3v) is 17.9. The fourth-order valence-electron chi connectivity index (χ4n) is 12.1. The molecule has 8 N–H and O–H groups in total. The molecule has 2 aliphatic heterocycles. The van der Waals surface area contributed by atoms with Crippen LogP contribution in [0.25, 0.3) is 11.1 Å². The van der Waals surface area contributed by atoms with E-state index in [-0.39, 0.29) is 87.4 Å². The van der Waals surface area contributed by atoms with Crippen molar-refractivity contribution in [1.29, 1.82) is 0 Å². The fraction of sp³-hybridized carbons (Fsp3) is 0.500. The Morgan fingerprint density at radius 3 is 1.19 bits per heavy atom. The zero-order valence-corrected chi connectivity index (χ0v) is 53.6. The number of piperazine rings is 2. The van der Waals surface area contributed by atoms with Crippen molar-refractivity contribution in [3.63, 3.8) is 0 Å². The maximum atomic E-state index is 14.6. The second kappa shape index (κ2) is 29.4. The van der Waals surface area contributed by atoms with Gasteiger partial charge in [-0.05, 0) is 135 Å². The lowest BCUT2D eigenvalue weighted by atomic mass is 9.85. The largest absolute Gasteiger partial charge is 0.347 e. The first-order valence-corrected chi connectivity index (χ1v) is 31.4. The van der Waals surface area contributed by atoms with Gasteiger partial charge >= 0.3 is 0 Å². The summed E-state index contributed by atoms with van der Waals surface area (Å²) in [4.78, 5) is 145. The average molecular weight is 1240 g/mol. The standard InChI is InChI=1S/C68H90N12O10/c1-41(69-9)59(83)75-57(67(3,4)5)65(89)79-35-33-77(39-53(79)63(87)73-51-23-15-19-45-17-11-13-21-49(45)51)55(81)37-71-61(85)47-29-25-43(26-30-47)44-27-31-48(32-28-44)62(86)72-38-56(82)78-34-36-80(66(90)58(68(6,7)8)76-60(84)42(2)70-10)54(40-78)64(88)74-52-24-16-20-46-18-12-14-22-50(46)52/h11-14,17-18,21-22,25-32,41-42,51-54,57-58,69-70H,15-16,19-20,23-24,33-40H2,1-10H3,(H,71,85)(H,72,86)(H,73,87)(H,74,88)(H,75,83)(H,76,84)/t41-,42-,51+,52?,53-,54-,57+,58+/m0/s1. The van der Waals surface area contributed by atoms with Gasteiger partial charge in [0.25, 0.3) is 11.8 Å². The van der Waals surface area contributed by atoms with Crippen LogP contribution in [0.2, 0.25) is 0 Å². The van der Waals surface area contributed by atoms with Crippen LogP contribution < -0.4 is 42.5 Å². The molecule has 90 heavy (non-hydrogen) atoms. The predicted molar refractivity (Wildman–Crippen MR) is 341 cm³/mol. The molecule has 10 amide bonds. The highest BCUT2D eigenvalue weighted by molar-refractivity contribution is 5.99. The van der Waals surface area contributed by atoms with Crippen molar-refractivity contribution in [3.8, 4) is 11.1 Å². The van der Waals surface area contributed by atoms with Crippen LogP contribution in [0.4, 0.5) is 0 Å². The Labute approximate surface area is 528 Å². The minimum atomic E-state index is -1.09. The van der Waals surface area contributed by atoms with Crippen molar-refractivity contribution < 1.29 is 47.9 Å². The Morgan fingerprint density at radius 2 is 0.844 bits per heavy atom. The maximum Gasteiger partial charge on any atom is 0.251 e. The lowest BCUT2D eigenvalue weighted by molar-refractivity contribution is -0.152. The van der Waals surface area contributed by atoms with Crippen LogP contribution in [0, 0.1) is 10.8 Å². The van der Waals surface area contributed by atoms with E-state index in [2.05, 4.69) is 42.5 Å². The summed E-state index contributed by atoms with van der Waals surface area (Å²) >= 11 is 0. The van der Waals surface area contributed by atoms with Gasteiger partial charge in [0, 0.05) is 37.3 Å². The summed E-state index contributed by atoms with van der Waals surface area (Å²) in [6, 6.07) is 23.4. The average Bonchev–Trinajstić information content (AvgIpc) is 0.936. The van der Waals surface area contributed by atoms with E-state index in [0.29, 0.717) is 12.8 Å². The van der Waals surface area contributed by atoms with E-state index in [1.54, 1.807) is 76.5 Å². The lowest BCUT2D eigenvalue weighted by Crippen LogP contribution is -2.66. The van der Waals surface area contributed by atoms with Gasteiger partial charge in [-0.15, -0.1) is 0 Å². The van der Waals surface area contributed by atoms with Gasteiger partial charge in [0.2, 0.25) is 47.3 Å². The van der Waals surface area contributed by atoms with E-state index < -0.39 is 94.3 Å². The summed E-state index contributed by atoms with van der Waals surface area (Å²) in [5.41, 5.74) is 4.87. The van der Waals surface area contributed by atoms with Crippen molar-refractivity contribution in [1.82, 2.24) is 62.1 Å². The number of hydrogen-bond acceptors (Lipinski definition) is 12. The summed E-state index contributed by atoms with van der Waals surface area (Å²) in [5.74, 6) is -4.37. The summed E-state index contributed by atoms with van der Waals surface area (Å²) in [5, 5.41) is 23.4. The molecule has 1 unspecified atom stereocenters. The number of hydrogen-bond donors (Lipinski definition) is 8. The second-order valence-corrected chi connectivity index (χ2v) is 26.2. The molecule has 8 atom stereocenters. The first kappa shape index (κ1) is 67.4. The van der Waals surface area contributed by atoms with Gasteiger partial charge in [-0.25, -0.2) is 0 Å². The smallest absolute Gasteiger partial charge is 0.251 e. The zero-order chi connectivity index (χ0) is 65.2. The molecule has 2 fully saturated rings. The van der Waals surface area contributed by atoms with Crippen molar-refractivity contribution in [2.75, 3.05) is 66.5 Å². The van der Waals surface area contributed by atoms with E-state index in [1.165, 1.54) is 19.6 Å². The number of amides is 10. The highest BCUT2D eigenvalue weighted by Crippen LogP contribution is 2.33. The zero-order valence-electron chi connectivity index (χ0n) is 53.6. The second-order valence-electron chi connectivity index (χ2n) is 26.2. The summed E-state index contributed by atoms with van der Waals surface area (Å²) < 4.78 is 0. The first-order chi connectivity index (χ1) is 42.8. The SMILES string of the molecule is CN[C@@H](C)C(=O)N[C@H](C(=O)N1CCN(C(=O)CNC(=O)c2ccc(-c3ccc(C(=O)NCC(=O)N4CCN(C(=O)[C@@H](NC(=O)[C@H](C)NC)C(C)(C)C)[C@H](C(=O)N[C@@H]5CCCc6ccccc65)C4)cc3)cc2)C[C@H]1C(=O)NC1CCCc2ccccc21)C(C)(C)C. The van der Waals surface area contributed by atoms with Crippen LogP contribution in [0.15, 0.2) is 97.1 Å². The van der Waals surface area contributed by atoms with Gasteiger partial charge in [-0.3, -0.25) is 47.9 Å². The predicted octanol–water partition coefficient (Wildman–Crippen LogP) is 3.56. The summed E-state index contributed by atoms with van der Waals surface area (Å²) in [7, 11) is 3.30. The first-order valence-electron chi connectivity index (χ1n) is 31.4. The molecule has 0 bridgehead atoms. The van der Waals surface area contributed by atoms with Gasteiger partial charge in [-0.2, -0.15) is 0 Å². The van der Waals surface area contributed by atoms with E-state index in [4.69, 9.17) is 0 Å². The summed E-state index contributed by atoms with van der Waals surface area (Å²) in [6.45, 7) is 13.6. The Hall–Kier alpha value is -8.50. The van der Waals surface area contributed by atoms with Gasteiger partial charge in [-0.1, -0.05) is 114 Å². The molecule has 0 spiro atoms. The molecular weight excluding hydrogens is 1140 g/mol. The number of benzene rings is 4. The Morgan fingerprint density at radius 1 is 0.489 bits per heavy atom. The molecule has 22 heteroatoms. The number of rotatable bonds is 19. The molecule has 0 radical (unpaired) electrons. The van der Waals surface area contributed by atoms with Crippen molar-refractivity contribution in [3.05, 3.63) is 130 Å². The van der Waals surface area contributed by atoms with Gasteiger partial charge in [0.1, 0.15) is 24.2 Å². The van der Waals surface area contributed by atoms with Crippen LogP contribution in [-0.2, 0) is 51.2 Å². The number of nitrogens with zero attached hydrogens (tertiary/aromatic N) is 4. The molecule has 4 aromatic rings. The van der Waals surface area contributed by atoms with E-state index in [9.17, 15) is 47.9 Å². The Bertz CT molecular complexity index is 3090. The number of nitrogens with one attached hydrogen (secondary N) is 8. The molecule has 8 rings (SSSR count). The van der Waals surface area contributed by atoms with Crippen molar-refractivity contribution in [2.24, 2.45) is 10.8 Å². The molecule has 2 aliphatic carbocycles. The lowest BCUT2D eigenvalue weighted by Gasteiger charge is -2.44. The van der Waals surface area contributed by atoms with Gasteiger partial charge in [0.05, 0.1) is 50.3 Å². The number of aryl methyl sites for hydroxylation is 2. The van der Waals surface area contributed by atoms with Crippen LogP contribution in [0.5, 0.6) is 0 Å². The summed E-state index contributed by atoms with van der Waals surface area (Å²) in [6.07, 6.45) is 4.91. The molecule has 22 nitrogen and oxygen atoms in total. The van der Waals surface area contributed by atoms with Crippen LogP contribution in [0.1, 0.15) is 136 Å². The third-order valence-electron chi connectivity index (χ3n) is 17.9. The highest BCUT2D eigenvalue weighted by atomic mass is 16.2. The van der Waals surface area contributed by atoms with Crippen LogP contribution >= 0.6 is 0 Å². The molecule has 4 aliphatic rings. The molecule has 0 aromatic heterocycles. The number of carbonyl (C=O) groups is 10. The maximum absolute atomic E-state index is 14.6. The van der Waals surface area contributed by atoms with Crippen LogP contribution in [0.3, 0.4) is 0 Å². The number of likely N-dealkylation sites (N-methyl/N-ethyl adjacent to an activating group) is 2. The Balaban J connectivity index is 0.868. The normalized spacial score (nSPS) is 19.7. The van der Waals surface area contributed by atoms with E-state index >= 15 is 0 Å². The Kier molecular flexibility index (Phi) is 22.0. The van der Waals surface area contributed by atoms with Gasteiger partial charge in [0.15, 0.2) is 0 Å². The van der Waals surface area contributed by atoms with E-state index in [1.807, 2.05) is 90.1 Å². The molecule has 0 saturated carbocycles. The number of fused-ring (bicyclic) bond motifs is 2. The molecule has 482 valence electrons. The van der Waals surface area contributed by atoms with Crippen LogP contribution in [-0.4, -0.2) is 181 Å². The highest BCUT2D eigenvalue weighted by Gasteiger charge is 2.46. The molecule has 2 heterocycles. The number of carbonyl (C=O) groups excluding carboxylic acids is 10. The van der Waals surface area contributed by atoms with E-state index in [0.717, 1.165) is 59.1 Å². The minimum absolute atomic E-state index is 0.0127. The quantitative estimate of drug-likeness (QED) is 0.0670. The molecule has 4 aromatic carbocycles.